The maximum Gasteiger partial charge on any atom is 0.283 e. The Kier molecular flexibility index (Phi) is 4.90. The van der Waals surface area contributed by atoms with Gasteiger partial charge in [0, 0.05) is 16.2 Å². The molecule has 0 spiro atoms. The van der Waals surface area contributed by atoms with Gasteiger partial charge >= 0.3 is 0 Å². The van der Waals surface area contributed by atoms with Crippen LogP contribution in [0.2, 0.25) is 0 Å². The summed E-state index contributed by atoms with van der Waals surface area (Å²) in [5.41, 5.74) is 3.73. The highest BCUT2D eigenvalue weighted by Crippen LogP contribution is 2.26. The summed E-state index contributed by atoms with van der Waals surface area (Å²) in [7, 11) is 0. The van der Waals surface area contributed by atoms with Crippen molar-refractivity contribution >= 4 is 38.6 Å². The van der Waals surface area contributed by atoms with Gasteiger partial charge in [0.1, 0.15) is 0 Å². The average molecular weight is 431 g/mol. The van der Waals surface area contributed by atoms with Gasteiger partial charge in [-0.05, 0) is 30.5 Å². The largest absolute Gasteiger partial charge is 0.288 e. The predicted molar refractivity (Wildman–Crippen MR) is 125 cm³/mol. The zero-order chi connectivity index (χ0) is 20.5. The van der Waals surface area contributed by atoms with Crippen LogP contribution in [0.5, 0.6) is 0 Å². The number of benzene rings is 2. The first-order valence-electron chi connectivity index (χ1n) is 9.51. The van der Waals surface area contributed by atoms with E-state index in [4.69, 9.17) is 4.99 Å². The number of hydrogen-bond donors (Lipinski definition) is 1. The van der Waals surface area contributed by atoms with Gasteiger partial charge in [0.2, 0.25) is 5.13 Å². The SMILES string of the molecule is CC(=NCc1cccs1)c1c(-c2ccccc2)[nH]n(-c2nc3ccccc3s2)c1=O. The molecule has 30 heavy (non-hydrogen) atoms. The third-order valence-corrected chi connectivity index (χ3v) is 6.72. The second kappa shape index (κ2) is 7.85. The summed E-state index contributed by atoms with van der Waals surface area (Å²) in [6.07, 6.45) is 0. The lowest BCUT2D eigenvalue weighted by Gasteiger charge is -2.02. The molecule has 0 saturated heterocycles. The van der Waals surface area contributed by atoms with Gasteiger partial charge in [-0.1, -0.05) is 59.9 Å². The van der Waals surface area contributed by atoms with E-state index in [2.05, 4.69) is 16.1 Å². The molecule has 1 N–H and O–H groups in total. The number of thiazole rings is 1. The van der Waals surface area contributed by atoms with Gasteiger partial charge in [-0.15, -0.1) is 11.3 Å². The number of nitrogens with zero attached hydrogens (tertiary/aromatic N) is 3. The van der Waals surface area contributed by atoms with E-state index in [1.54, 1.807) is 11.3 Å². The fraction of sp³-hybridized carbons (Fsp3) is 0.0870. The van der Waals surface area contributed by atoms with Crippen molar-refractivity contribution in [1.29, 1.82) is 0 Å². The van der Waals surface area contributed by atoms with E-state index >= 15 is 0 Å². The van der Waals surface area contributed by atoms with Crippen molar-refractivity contribution in [3.05, 3.63) is 92.9 Å². The summed E-state index contributed by atoms with van der Waals surface area (Å²) in [5, 5.41) is 5.95. The van der Waals surface area contributed by atoms with Crippen molar-refractivity contribution in [2.75, 3.05) is 0 Å². The number of aromatic amines is 1. The number of fused-ring (bicyclic) bond motifs is 1. The molecule has 0 radical (unpaired) electrons. The van der Waals surface area contributed by atoms with Crippen LogP contribution in [0.3, 0.4) is 0 Å². The Morgan fingerprint density at radius 1 is 1.07 bits per heavy atom. The van der Waals surface area contributed by atoms with Crippen molar-refractivity contribution < 1.29 is 0 Å². The van der Waals surface area contributed by atoms with Crippen LogP contribution in [0.4, 0.5) is 0 Å². The molecule has 0 unspecified atom stereocenters. The highest BCUT2D eigenvalue weighted by atomic mass is 32.1. The first-order valence-corrected chi connectivity index (χ1v) is 11.2. The zero-order valence-corrected chi connectivity index (χ0v) is 17.8. The fourth-order valence-corrected chi connectivity index (χ4v) is 4.91. The van der Waals surface area contributed by atoms with Gasteiger partial charge in [0.25, 0.3) is 5.56 Å². The molecule has 3 aromatic heterocycles. The standard InChI is InChI=1S/C23H18N4OS2/c1-15(24-14-17-10-7-13-29-17)20-21(16-8-3-2-4-9-16)26-27(22(20)28)23-25-18-11-5-6-12-19(18)30-23/h2-13,26H,14H2,1H3. The number of aromatic nitrogens is 3. The molecular formula is C23H18N4OS2. The number of para-hydroxylation sites is 1. The van der Waals surface area contributed by atoms with E-state index in [1.807, 2.05) is 73.0 Å². The minimum Gasteiger partial charge on any atom is -0.288 e. The normalized spacial score (nSPS) is 12.0. The molecule has 5 rings (SSSR count). The van der Waals surface area contributed by atoms with Crippen LogP contribution in [-0.4, -0.2) is 20.5 Å². The van der Waals surface area contributed by atoms with Crippen LogP contribution in [0.15, 0.2) is 81.9 Å². The third kappa shape index (κ3) is 3.42. The van der Waals surface area contributed by atoms with Crippen molar-refractivity contribution in [1.82, 2.24) is 14.8 Å². The van der Waals surface area contributed by atoms with Crippen molar-refractivity contribution in [2.45, 2.75) is 13.5 Å². The first kappa shape index (κ1) is 18.7. The quantitative estimate of drug-likeness (QED) is 0.374. The van der Waals surface area contributed by atoms with E-state index in [0.29, 0.717) is 23.0 Å². The van der Waals surface area contributed by atoms with Crippen LogP contribution in [-0.2, 0) is 6.54 Å². The Labute approximate surface area is 181 Å². The fourth-order valence-electron chi connectivity index (χ4n) is 3.36. The average Bonchev–Trinajstić information content (AvgIpc) is 3.51. The smallest absolute Gasteiger partial charge is 0.283 e. The summed E-state index contributed by atoms with van der Waals surface area (Å²) < 4.78 is 2.58. The maximum atomic E-state index is 13.5. The Morgan fingerprint density at radius 2 is 1.87 bits per heavy atom. The van der Waals surface area contributed by atoms with E-state index < -0.39 is 0 Å². The number of H-pyrrole nitrogens is 1. The molecule has 0 amide bonds. The van der Waals surface area contributed by atoms with Gasteiger partial charge in [-0.2, -0.15) is 4.68 Å². The molecule has 5 aromatic rings. The molecule has 0 atom stereocenters. The molecule has 0 saturated carbocycles. The lowest BCUT2D eigenvalue weighted by Crippen LogP contribution is -2.19. The summed E-state index contributed by atoms with van der Waals surface area (Å²) in [4.78, 5) is 24.0. The summed E-state index contributed by atoms with van der Waals surface area (Å²) in [5.74, 6) is 0. The second-order valence-corrected chi connectivity index (χ2v) is 8.85. The lowest BCUT2D eigenvalue weighted by molar-refractivity contribution is 0.845. The topological polar surface area (TPSA) is 63.0 Å². The zero-order valence-electron chi connectivity index (χ0n) is 16.2. The highest BCUT2D eigenvalue weighted by Gasteiger charge is 2.20. The number of thiophene rings is 1. The van der Waals surface area contributed by atoms with Crippen LogP contribution < -0.4 is 5.56 Å². The minimum atomic E-state index is -0.139. The molecule has 0 bridgehead atoms. The van der Waals surface area contributed by atoms with Gasteiger partial charge in [-0.25, -0.2) is 4.98 Å². The molecule has 0 aliphatic rings. The molecule has 0 aliphatic heterocycles. The Morgan fingerprint density at radius 3 is 2.63 bits per heavy atom. The number of hydrogen-bond acceptors (Lipinski definition) is 5. The molecule has 0 fully saturated rings. The van der Waals surface area contributed by atoms with E-state index in [1.165, 1.54) is 16.0 Å². The van der Waals surface area contributed by atoms with Crippen molar-refractivity contribution in [2.24, 2.45) is 4.99 Å². The molecule has 5 nitrogen and oxygen atoms in total. The molecule has 2 aromatic carbocycles. The minimum absolute atomic E-state index is 0.139. The summed E-state index contributed by atoms with van der Waals surface area (Å²) in [6.45, 7) is 2.46. The Hall–Kier alpha value is -3.29. The van der Waals surface area contributed by atoms with Crippen molar-refractivity contribution in [3.63, 3.8) is 0 Å². The van der Waals surface area contributed by atoms with Crippen molar-refractivity contribution in [3.8, 4) is 16.4 Å². The molecule has 148 valence electrons. The number of nitrogens with one attached hydrogen (secondary N) is 1. The van der Waals surface area contributed by atoms with Crippen LogP contribution in [0.1, 0.15) is 17.4 Å². The first-order chi connectivity index (χ1) is 14.7. The molecular weight excluding hydrogens is 412 g/mol. The highest BCUT2D eigenvalue weighted by molar-refractivity contribution is 7.20. The van der Waals surface area contributed by atoms with Crippen LogP contribution in [0, 0.1) is 0 Å². The number of rotatable bonds is 5. The molecule has 7 heteroatoms. The lowest BCUT2D eigenvalue weighted by atomic mass is 10.1. The van der Waals surface area contributed by atoms with E-state index in [9.17, 15) is 4.79 Å². The number of aliphatic imine (C=N–C) groups is 1. The van der Waals surface area contributed by atoms with Gasteiger partial charge in [-0.3, -0.25) is 14.9 Å². The molecule has 3 heterocycles. The maximum absolute atomic E-state index is 13.5. The van der Waals surface area contributed by atoms with E-state index in [-0.39, 0.29) is 5.56 Å². The van der Waals surface area contributed by atoms with E-state index in [0.717, 1.165) is 26.4 Å². The summed E-state index contributed by atoms with van der Waals surface area (Å²) >= 11 is 3.15. The second-order valence-electron chi connectivity index (χ2n) is 6.81. The monoisotopic (exact) mass is 430 g/mol. The predicted octanol–water partition coefficient (Wildman–Crippen LogP) is 5.51. The molecule has 0 aliphatic carbocycles. The third-order valence-electron chi connectivity index (χ3n) is 4.84. The van der Waals surface area contributed by atoms with Gasteiger partial charge in [0.05, 0.1) is 28.0 Å². The van der Waals surface area contributed by atoms with Crippen LogP contribution in [0.25, 0.3) is 26.6 Å². The van der Waals surface area contributed by atoms with Gasteiger partial charge < -0.3 is 0 Å². The Balaban J connectivity index is 1.66. The van der Waals surface area contributed by atoms with Crippen LogP contribution >= 0.6 is 22.7 Å². The van der Waals surface area contributed by atoms with Gasteiger partial charge in [0.15, 0.2) is 0 Å². The Bertz CT molecular complexity index is 1360. The summed E-state index contributed by atoms with van der Waals surface area (Å²) in [6, 6.07) is 21.8.